The van der Waals surface area contributed by atoms with Gasteiger partial charge in [-0.2, -0.15) is 0 Å². The van der Waals surface area contributed by atoms with Crippen LogP contribution >= 0.6 is 0 Å². The second kappa shape index (κ2) is 4.66. The van der Waals surface area contributed by atoms with Gasteiger partial charge >= 0.3 is 5.97 Å². The third kappa shape index (κ3) is 1.95. The van der Waals surface area contributed by atoms with Gasteiger partial charge in [-0.3, -0.25) is 9.69 Å². The minimum Gasteiger partial charge on any atom is -0.480 e. The van der Waals surface area contributed by atoms with Crippen molar-refractivity contribution in [1.82, 2.24) is 4.90 Å². The molecule has 0 amide bonds. The Labute approximate surface area is 95.7 Å². The summed E-state index contributed by atoms with van der Waals surface area (Å²) in [6.07, 6.45) is 1.95. The maximum absolute atomic E-state index is 11.4. The first-order valence-corrected chi connectivity index (χ1v) is 5.78. The number of benzene rings is 1. The molecule has 0 spiro atoms. The van der Waals surface area contributed by atoms with E-state index < -0.39 is 12.0 Å². The monoisotopic (exact) mass is 219 g/mol. The number of carboxylic acids is 1. The maximum Gasteiger partial charge on any atom is 0.325 e. The number of aliphatic carboxylic acids is 1. The van der Waals surface area contributed by atoms with E-state index in [1.807, 2.05) is 24.3 Å². The van der Waals surface area contributed by atoms with Gasteiger partial charge in [0.25, 0.3) is 0 Å². The highest BCUT2D eigenvalue weighted by Gasteiger charge is 2.31. The molecule has 0 saturated carbocycles. The smallest absolute Gasteiger partial charge is 0.325 e. The number of nitrogens with zero attached hydrogens (tertiary/aromatic N) is 1. The summed E-state index contributed by atoms with van der Waals surface area (Å²) in [7, 11) is 0. The minimum absolute atomic E-state index is 0.454. The molecule has 1 aromatic carbocycles. The van der Waals surface area contributed by atoms with E-state index in [4.69, 9.17) is 0 Å². The van der Waals surface area contributed by atoms with Crippen molar-refractivity contribution in [3.63, 3.8) is 0 Å². The van der Waals surface area contributed by atoms with Crippen LogP contribution in [0.15, 0.2) is 24.3 Å². The predicted molar refractivity (Wildman–Crippen MR) is 62.4 cm³/mol. The molecule has 0 aromatic heterocycles. The number of carbonyl (C=O) groups is 1. The second-order valence-electron chi connectivity index (χ2n) is 4.23. The Morgan fingerprint density at radius 3 is 2.94 bits per heavy atom. The first-order valence-electron chi connectivity index (χ1n) is 5.78. The highest BCUT2D eigenvalue weighted by Crippen LogP contribution is 2.29. The summed E-state index contributed by atoms with van der Waals surface area (Å²) in [5, 5.41) is 9.34. The normalized spacial score (nSPS) is 20.4. The molecule has 1 aromatic rings. The van der Waals surface area contributed by atoms with Gasteiger partial charge in [-0.15, -0.1) is 0 Å². The lowest BCUT2D eigenvalue weighted by atomic mass is 9.92. The van der Waals surface area contributed by atoms with E-state index in [-0.39, 0.29) is 0 Å². The predicted octanol–water partition coefficient (Wildman–Crippen LogP) is 2.08. The molecule has 1 aliphatic rings. The van der Waals surface area contributed by atoms with Crippen LogP contribution in [-0.2, 0) is 11.2 Å². The Hall–Kier alpha value is -1.35. The average Bonchev–Trinajstić information content (AvgIpc) is 2.28. The van der Waals surface area contributed by atoms with Crippen molar-refractivity contribution in [3.8, 4) is 0 Å². The summed E-state index contributed by atoms with van der Waals surface area (Å²) in [4.78, 5) is 13.4. The number of hydrogen-bond donors (Lipinski definition) is 1. The molecule has 1 aliphatic heterocycles. The van der Waals surface area contributed by atoms with Crippen molar-refractivity contribution in [2.75, 3.05) is 13.1 Å². The van der Waals surface area contributed by atoms with Gasteiger partial charge in [-0.1, -0.05) is 31.2 Å². The Morgan fingerprint density at radius 1 is 1.50 bits per heavy atom. The van der Waals surface area contributed by atoms with Gasteiger partial charge in [0.15, 0.2) is 0 Å². The molecular formula is C13H17NO2. The summed E-state index contributed by atoms with van der Waals surface area (Å²) in [5.41, 5.74) is 2.15. The Bertz CT molecular complexity index is 389. The molecule has 1 heterocycles. The SMILES string of the molecule is CCCN1CCc2ccccc2C1C(=O)O. The van der Waals surface area contributed by atoms with Gasteiger partial charge in [0, 0.05) is 6.54 Å². The zero-order valence-electron chi connectivity index (χ0n) is 9.52. The van der Waals surface area contributed by atoms with E-state index in [9.17, 15) is 9.90 Å². The van der Waals surface area contributed by atoms with Crippen LogP contribution in [0.3, 0.4) is 0 Å². The van der Waals surface area contributed by atoms with Crippen LogP contribution in [0.2, 0.25) is 0 Å². The summed E-state index contributed by atoms with van der Waals surface area (Å²) in [5.74, 6) is -0.736. The minimum atomic E-state index is -0.736. The quantitative estimate of drug-likeness (QED) is 0.846. The molecule has 0 saturated heterocycles. The third-order valence-electron chi connectivity index (χ3n) is 3.13. The molecule has 1 N–H and O–H groups in total. The molecule has 1 atom stereocenters. The molecule has 0 radical (unpaired) electrons. The molecule has 0 bridgehead atoms. The Morgan fingerprint density at radius 2 is 2.25 bits per heavy atom. The molecule has 0 fully saturated rings. The van der Waals surface area contributed by atoms with Crippen molar-refractivity contribution in [3.05, 3.63) is 35.4 Å². The topological polar surface area (TPSA) is 40.5 Å². The largest absolute Gasteiger partial charge is 0.480 e. The van der Waals surface area contributed by atoms with Gasteiger partial charge in [0.1, 0.15) is 6.04 Å². The second-order valence-corrected chi connectivity index (χ2v) is 4.23. The molecular weight excluding hydrogens is 202 g/mol. The van der Waals surface area contributed by atoms with Gasteiger partial charge < -0.3 is 5.11 Å². The van der Waals surface area contributed by atoms with Crippen LogP contribution in [-0.4, -0.2) is 29.1 Å². The van der Waals surface area contributed by atoms with Gasteiger partial charge in [0.2, 0.25) is 0 Å². The third-order valence-corrected chi connectivity index (χ3v) is 3.13. The van der Waals surface area contributed by atoms with Crippen LogP contribution < -0.4 is 0 Å². The lowest BCUT2D eigenvalue weighted by Gasteiger charge is -2.34. The van der Waals surface area contributed by atoms with Gasteiger partial charge in [-0.05, 0) is 30.5 Å². The van der Waals surface area contributed by atoms with Crippen LogP contribution in [0.5, 0.6) is 0 Å². The van der Waals surface area contributed by atoms with Gasteiger partial charge in [-0.25, -0.2) is 0 Å². The van der Waals surface area contributed by atoms with Crippen molar-refractivity contribution in [2.45, 2.75) is 25.8 Å². The highest BCUT2D eigenvalue weighted by atomic mass is 16.4. The number of hydrogen-bond acceptors (Lipinski definition) is 2. The molecule has 2 rings (SSSR count). The van der Waals surface area contributed by atoms with E-state index in [1.165, 1.54) is 5.56 Å². The molecule has 3 nitrogen and oxygen atoms in total. The molecule has 16 heavy (non-hydrogen) atoms. The fourth-order valence-corrected chi connectivity index (χ4v) is 2.44. The van der Waals surface area contributed by atoms with E-state index >= 15 is 0 Å². The zero-order valence-corrected chi connectivity index (χ0v) is 9.52. The number of rotatable bonds is 3. The van der Waals surface area contributed by atoms with E-state index in [0.717, 1.165) is 31.5 Å². The van der Waals surface area contributed by atoms with Crippen molar-refractivity contribution in [2.24, 2.45) is 0 Å². The van der Waals surface area contributed by atoms with Gasteiger partial charge in [0.05, 0.1) is 0 Å². The van der Waals surface area contributed by atoms with Crippen LogP contribution in [0.4, 0.5) is 0 Å². The molecule has 3 heteroatoms. The van der Waals surface area contributed by atoms with E-state index in [1.54, 1.807) is 0 Å². The summed E-state index contributed by atoms with van der Waals surface area (Å²) < 4.78 is 0. The standard InChI is InChI=1S/C13H17NO2/c1-2-8-14-9-7-10-5-3-4-6-11(10)12(14)13(15)16/h3-6,12H,2,7-9H2,1H3,(H,15,16). The molecule has 86 valence electrons. The lowest BCUT2D eigenvalue weighted by Crippen LogP contribution is -2.40. The van der Waals surface area contributed by atoms with Crippen LogP contribution in [0.1, 0.15) is 30.5 Å². The Kier molecular flexibility index (Phi) is 3.25. The first-order chi connectivity index (χ1) is 7.74. The Balaban J connectivity index is 2.35. The van der Waals surface area contributed by atoms with Crippen LogP contribution in [0, 0.1) is 0 Å². The highest BCUT2D eigenvalue weighted by molar-refractivity contribution is 5.76. The lowest BCUT2D eigenvalue weighted by molar-refractivity contribution is -0.144. The fraction of sp³-hybridized carbons (Fsp3) is 0.462. The number of carboxylic acid groups (broad SMARTS) is 1. The van der Waals surface area contributed by atoms with E-state index in [2.05, 4.69) is 11.8 Å². The summed E-state index contributed by atoms with van der Waals surface area (Å²) >= 11 is 0. The van der Waals surface area contributed by atoms with Crippen molar-refractivity contribution < 1.29 is 9.90 Å². The van der Waals surface area contributed by atoms with Crippen LogP contribution in [0.25, 0.3) is 0 Å². The fourth-order valence-electron chi connectivity index (χ4n) is 2.44. The molecule has 0 aliphatic carbocycles. The average molecular weight is 219 g/mol. The summed E-state index contributed by atoms with van der Waals surface area (Å²) in [6.45, 7) is 3.78. The van der Waals surface area contributed by atoms with E-state index in [0.29, 0.717) is 0 Å². The summed E-state index contributed by atoms with van der Waals surface area (Å²) in [6, 6.07) is 7.42. The first kappa shape index (κ1) is 11.1. The molecule has 1 unspecified atom stereocenters. The zero-order chi connectivity index (χ0) is 11.5. The number of fused-ring (bicyclic) bond motifs is 1. The maximum atomic E-state index is 11.4. The van der Waals surface area contributed by atoms with Crippen molar-refractivity contribution in [1.29, 1.82) is 0 Å². The van der Waals surface area contributed by atoms with Crippen molar-refractivity contribution >= 4 is 5.97 Å².